The zero-order valence-electron chi connectivity index (χ0n) is 11.7. The van der Waals surface area contributed by atoms with E-state index in [1.165, 1.54) is 11.3 Å². The van der Waals surface area contributed by atoms with Gasteiger partial charge in [0.2, 0.25) is 0 Å². The van der Waals surface area contributed by atoms with E-state index in [9.17, 15) is 4.79 Å². The molecule has 1 N–H and O–H groups in total. The van der Waals surface area contributed by atoms with Gasteiger partial charge in [0.25, 0.3) is 5.56 Å². The minimum Gasteiger partial charge on any atom is -0.361 e. The van der Waals surface area contributed by atoms with Gasteiger partial charge < -0.3 is 9.88 Å². The fourth-order valence-electron chi connectivity index (χ4n) is 1.69. The highest BCUT2D eigenvalue weighted by Gasteiger charge is 2.10. The van der Waals surface area contributed by atoms with Crippen LogP contribution in [0.5, 0.6) is 0 Å². The summed E-state index contributed by atoms with van der Waals surface area (Å²) >= 11 is 1.53. The Labute approximate surface area is 117 Å². The van der Waals surface area contributed by atoms with Crippen LogP contribution in [0.25, 0.3) is 11.3 Å². The van der Waals surface area contributed by atoms with Crippen LogP contribution in [-0.4, -0.2) is 16.1 Å². The van der Waals surface area contributed by atoms with Crippen molar-refractivity contribution in [3.05, 3.63) is 33.6 Å². The summed E-state index contributed by atoms with van der Waals surface area (Å²) in [7, 11) is 1.78. The van der Waals surface area contributed by atoms with Crippen molar-refractivity contribution in [3.8, 4) is 11.3 Å². The SMILES string of the molecule is Cc1ccc(-c2csc(NCC(C)C)n2)c(=O)n1C. The van der Waals surface area contributed by atoms with Gasteiger partial charge in [-0.15, -0.1) is 11.3 Å². The summed E-state index contributed by atoms with van der Waals surface area (Å²) in [5.41, 5.74) is 2.35. The molecule has 19 heavy (non-hydrogen) atoms. The Morgan fingerprint density at radius 1 is 1.42 bits per heavy atom. The Balaban J connectivity index is 2.28. The summed E-state index contributed by atoms with van der Waals surface area (Å²) in [6, 6.07) is 3.79. The van der Waals surface area contributed by atoms with E-state index in [-0.39, 0.29) is 5.56 Å². The first kappa shape index (κ1) is 13.8. The van der Waals surface area contributed by atoms with E-state index in [2.05, 4.69) is 24.1 Å². The summed E-state index contributed by atoms with van der Waals surface area (Å²) in [6.07, 6.45) is 0. The molecule has 0 aliphatic carbocycles. The highest BCUT2D eigenvalue weighted by atomic mass is 32.1. The maximum atomic E-state index is 12.2. The first-order valence-corrected chi connectivity index (χ1v) is 7.23. The van der Waals surface area contributed by atoms with Crippen LogP contribution in [0.15, 0.2) is 22.3 Å². The fourth-order valence-corrected chi connectivity index (χ4v) is 2.41. The summed E-state index contributed by atoms with van der Waals surface area (Å²) in [4.78, 5) is 16.7. The molecule has 0 atom stereocenters. The standard InChI is InChI=1S/C14H19N3OS/c1-9(2)7-15-14-16-12(8-19-14)11-6-5-10(3)17(4)13(11)18/h5-6,8-9H,7H2,1-4H3,(H,15,16). The number of anilines is 1. The van der Waals surface area contributed by atoms with Crippen LogP contribution in [0, 0.1) is 12.8 Å². The molecule has 0 aliphatic rings. The van der Waals surface area contributed by atoms with Crippen LogP contribution in [0.3, 0.4) is 0 Å². The third-order valence-electron chi connectivity index (χ3n) is 3.00. The Kier molecular flexibility index (Phi) is 4.04. The molecule has 0 saturated heterocycles. The van der Waals surface area contributed by atoms with Crippen LogP contribution in [-0.2, 0) is 7.05 Å². The molecule has 5 heteroatoms. The van der Waals surface area contributed by atoms with E-state index in [0.717, 1.165) is 23.1 Å². The van der Waals surface area contributed by atoms with Crippen LogP contribution >= 0.6 is 11.3 Å². The number of aromatic nitrogens is 2. The zero-order chi connectivity index (χ0) is 14.0. The number of pyridine rings is 1. The molecule has 2 aromatic heterocycles. The number of nitrogens with one attached hydrogen (secondary N) is 1. The number of thiazole rings is 1. The van der Waals surface area contributed by atoms with Gasteiger partial charge in [-0.05, 0) is 25.0 Å². The molecular weight excluding hydrogens is 258 g/mol. The molecule has 4 nitrogen and oxygen atoms in total. The molecule has 0 amide bonds. The van der Waals surface area contributed by atoms with Crippen LogP contribution in [0.4, 0.5) is 5.13 Å². The van der Waals surface area contributed by atoms with E-state index < -0.39 is 0 Å². The molecular formula is C14H19N3OS. The molecule has 0 aromatic carbocycles. The maximum Gasteiger partial charge on any atom is 0.259 e. The van der Waals surface area contributed by atoms with Gasteiger partial charge in [-0.25, -0.2) is 4.98 Å². The lowest BCUT2D eigenvalue weighted by atomic mass is 10.2. The van der Waals surface area contributed by atoms with Crippen molar-refractivity contribution in [2.75, 3.05) is 11.9 Å². The van der Waals surface area contributed by atoms with Crippen molar-refractivity contribution >= 4 is 16.5 Å². The molecule has 0 spiro atoms. The van der Waals surface area contributed by atoms with Gasteiger partial charge in [0, 0.05) is 24.7 Å². The molecule has 0 unspecified atom stereocenters. The van der Waals surface area contributed by atoms with Crippen molar-refractivity contribution in [1.82, 2.24) is 9.55 Å². The lowest BCUT2D eigenvalue weighted by Crippen LogP contribution is -2.20. The second-order valence-corrected chi connectivity index (χ2v) is 5.92. The van der Waals surface area contributed by atoms with Crippen molar-refractivity contribution in [2.45, 2.75) is 20.8 Å². The van der Waals surface area contributed by atoms with Crippen LogP contribution < -0.4 is 10.9 Å². The summed E-state index contributed by atoms with van der Waals surface area (Å²) < 4.78 is 1.65. The lowest BCUT2D eigenvalue weighted by Gasteiger charge is -2.05. The van der Waals surface area contributed by atoms with Crippen molar-refractivity contribution < 1.29 is 0 Å². The molecule has 0 fully saturated rings. The highest BCUT2D eigenvalue weighted by molar-refractivity contribution is 7.14. The molecule has 102 valence electrons. The van der Waals surface area contributed by atoms with Gasteiger partial charge in [-0.1, -0.05) is 13.8 Å². The Morgan fingerprint density at radius 2 is 2.16 bits per heavy atom. The summed E-state index contributed by atoms with van der Waals surface area (Å²) in [6.45, 7) is 7.11. The average molecular weight is 277 g/mol. The molecule has 2 heterocycles. The van der Waals surface area contributed by atoms with E-state index >= 15 is 0 Å². The lowest BCUT2D eigenvalue weighted by molar-refractivity contribution is 0.688. The summed E-state index contributed by atoms with van der Waals surface area (Å²) in [5, 5.41) is 6.07. The number of hydrogen-bond donors (Lipinski definition) is 1. The third kappa shape index (κ3) is 3.04. The van der Waals surface area contributed by atoms with Gasteiger partial charge in [-0.3, -0.25) is 4.79 Å². The molecule has 0 radical (unpaired) electrons. The van der Waals surface area contributed by atoms with Crippen molar-refractivity contribution in [3.63, 3.8) is 0 Å². The molecule has 0 bridgehead atoms. The first-order chi connectivity index (χ1) is 8.99. The monoisotopic (exact) mass is 277 g/mol. The summed E-state index contributed by atoms with van der Waals surface area (Å²) in [5.74, 6) is 0.569. The van der Waals surface area contributed by atoms with Crippen molar-refractivity contribution in [1.29, 1.82) is 0 Å². The smallest absolute Gasteiger partial charge is 0.259 e. The topological polar surface area (TPSA) is 46.9 Å². The predicted molar refractivity (Wildman–Crippen MR) is 80.9 cm³/mol. The van der Waals surface area contributed by atoms with E-state index in [4.69, 9.17) is 0 Å². The fraction of sp³-hybridized carbons (Fsp3) is 0.429. The number of rotatable bonds is 4. The highest BCUT2D eigenvalue weighted by Crippen LogP contribution is 2.22. The minimum absolute atomic E-state index is 0.000657. The number of aryl methyl sites for hydroxylation is 1. The Hall–Kier alpha value is -1.62. The van der Waals surface area contributed by atoms with Crippen LogP contribution in [0.1, 0.15) is 19.5 Å². The molecule has 2 aromatic rings. The van der Waals surface area contributed by atoms with Crippen molar-refractivity contribution in [2.24, 2.45) is 13.0 Å². The molecule has 2 rings (SSSR count). The Morgan fingerprint density at radius 3 is 2.84 bits per heavy atom. The molecule has 0 saturated carbocycles. The van der Waals surface area contributed by atoms with Gasteiger partial charge in [0.1, 0.15) is 0 Å². The Bertz CT molecular complexity index is 628. The zero-order valence-corrected chi connectivity index (χ0v) is 12.5. The van der Waals surface area contributed by atoms with Gasteiger partial charge in [0.05, 0.1) is 11.3 Å². The quantitative estimate of drug-likeness (QED) is 0.934. The van der Waals surface area contributed by atoms with Gasteiger partial charge >= 0.3 is 0 Å². The van der Waals surface area contributed by atoms with E-state index in [1.54, 1.807) is 11.6 Å². The normalized spacial score (nSPS) is 11.0. The van der Waals surface area contributed by atoms with E-state index in [0.29, 0.717) is 11.5 Å². The van der Waals surface area contributed by atoms with Gasteiger partial charge in [0.15, 0.2) is 5.13 Å². The second kappa shape index (κ2) is 5.57. The minimum atomic E-state index is 0.000657. The van der Waals surface area contributed by atoms with E-state index in [1.807, 2.05) is 24.4 Å². The number of hydrogen-bond acceptors (Lipinski definition) is 4. The largest absolute Gasteiger partial charge is 0.361 e. The van der Waals surface area contributed by atoms with Crippen LogP contribution in [0.2, 0.25) is 0 Å². The second-order valence-electron chi connectivity index (χ2n) is 5.07. The predicted octanol–water partition coefficient (Wildman–Crippen LogP) is 2.89. The third-order valence-corrected chi connectivity index (χ3v) is 3.80. The maximum absolute atomic E-state index is 12.2. The molecule has 0 aliphatic heterocycles. The number of nitrogens with zero attached hydrogens (tertiary/aromatic N) is 2. The first-order valence-electron chi connectivity index (χ1n) is 6.35. The van der Waals surface area contributed by atoms with Gasteiger partial charge in [-0.2, -0.15) is 0 Å². The average Bonchev–Trinajstić information content (AvgIpc) is 2.82.